The Balaban J connectivity index is 1.70. The van der Waals surface area contributed by atoms with E-state index in [4.69, 9.17) is 10.5 Å². The molecule has 1 aliphatic rings. The minimum atomic E-state index is 0.00334. The van der Waals surface area contributed by atoms with Crippen LogP contribution in [0.25, 0.3) is 0 Å². The number of carbonyl (C=O) groups excluding carboxylic acids is 1. The zero-order valence-corrected chi connectivity index (χ0v) is 14.5. The number of ether oxygens (including phenoxy) is 1. The third-order valence-corrected chi connectivity index (χ3v) is 4.66. The van der Waals surface area contributed by atoms with Gasteiger partial charge in [-0.3, -0.25) is 4.79 Å². The van der Waals surface area contributed by atoms with Crippen molar-refractivity contribution in [3.8, 4) is 11.5 Å². The van der Waals surface area contributed by atoms with Crippen molar-refractivity contribution in [3.05, 3.63) is 77.1 Å². The van der Waals surface area contributed by atoms with Crippen molar-refractivity contribution >= 4 is 11.7 Å². The molecule has 2 aromatic carbocycles. The van der Waals surface area contributed by atoms with Crippen LogP contribution < -0.4 is 10.5 Å². The molecule has 1 aromatic heterocycles. The lowest BCUT2D eigenvalue weighted by Gasteiger charge is -2.25. The zero-order chi connectivity index (χ0) is 18.1. The van der Waals surface area contributed by atoms with E-state index in [0.29, 0.717) is 24.1 Å². The maximum Gasteiger partial charge on any atom is 0.220 e. The molecular formula is C21H19N3O2. The molecule has 3 aromatic rings. The number of para-hydroxylation sites is 2. The highest BCUT2D eigenvalue weighted by Gasteiger charge is 2.31. The fourth-order valence-corrected chi connectivity index (χ4v) is 3.54. The van der Waals surface area contributed by atoms with Crippen molar-refractivity contribution in [1.29, 1.82) is 0 Å². The number of nitrogens with zero attached hydrogens (tertiary/aromatic N) is 2. The van der Waals surface area contributed by atoms with Crippen LogP contribution in [0.1, 0.15) is 39.6 Å². The number of anilines is 1. The Hall–Kier alpha value is -3.21. The van der Waals surface area contributed by atoms with Gasteiger partial charge >= 0.3 is 0 Å². The lowest BCUT2D eigenvalue weighted by molar-refractivity contribution is 0.0961. The minimum absolute atomic E-state index is 0.00334. The van der Waals surface area contributed by atoms with Gasteiger partial charge in [0.15, 0.2) is 5.78 Å². The molecule has 1 atom stereocenters. The molecule has 1 aliphatic carbocycles. The lowest BCUT2D eigenvalue weighted by Crippen LogP contribution is -2.23. The molecule has 1 unspecified atom stereocenters. The molecule has 2 N–H and O–H groups in total. The number of ketones is 1. The number of Topliss-reactive ketones (excluding diaryl/α,β-unsaturated/α-hetero) is 1. The van der Waals surface area contributed by atoms with E-state index in [0.717, 1.165) is 22.8 Å². The highest BCUT2D eigenvalue weighted by molar-refractivity contribution is 5.99. The fraction of sp³-hybridized carbons (Fsp3) is 0.190. The molecule has 5 nitrogen and oxygen atoms in total. The Morgan fingerprint density at radius 2 is 1.73 bits per heavy atom. The Kier molecular flexibility index (Phi) is 4.13. The molecule has 26 heavy (non-hydrogen) atoms. The molecule has 0 fully saturated rings. The number of benzene rings is 2. The van der Waals surface area contributed by atoms with Gasteiger partial charge < -0.3 is 10.5 Å². The van der Waals surface area contributed by atoms with E-state index in [9.17, 15) is 4.79 Å². The molecule has 0 spiro atoms. The predicted octanol–water partition coefficient (Wildman–Crippen LogP) is 4.07. The summed E-state index contributed by atoms with van der Waals surface area (Å²) in [6.45, 7) is 1.81. The SMILES string of the molecule is Cc1nc(N)nc2c1C(=O)CC(c1ccccc1Oc1ccccc1)C2. The first-order valence-electron chi connectivity index (χ1n) is 8.60. The number of aromatic nitrogens is 2. The summed E-state index contributed by atoms with van der Waals surface area (Å²) < 4.78 is 6.06. The standard InChI is InChI=1S/C21H19N3O2/c1-13-20-17(24-21(22)23-13)11-14(12-18(20)25)16-9-5-6-10-19(16)26-15-7-3-2-4-8-15/h2-10,14H,11-12H2,1H3,(H2,22,23,24). The number of aryl methyl sites for hydroxylation is 1. The normalized spacial score (nSPS) is 16.2. The van der Waals surface area contributed by atoms with Gasteiger partial charge in [-0.25, -0.2) is 9.97 Å². The first kappa shape index (κ1) is 16.3. The van der Waals surface area contributed by atoms with E-state index < -0.39 is 0 Å². The Morgan fingerprint density at radius 1 is 1.00 bits per heavy atom. The zero-order valence-electron chi connectivity index (χ0n) is 14.5. The van der Waals surface area contributed by atoms with Gasteiger partial charge in [-0.15, -0.1) is 0 Å². The molecule has 0 saturated carbocycles. The van der Waals surface area contributed by atoms with Crippen molar-refractivity contribution < 1.29 is 9.53 Å². The highest BCUT2D eigenvalue weighted by atomic mass is 16.5. The van der Waals surface area contributed by atoms with Crippen LogP contribution in [0.15, 0.2) is 54.6 Å². The summed E-state index contributed by atoms with van der Waals surface area (Å²) in [6.07, 6.45) is 1.06. The van der Waals surface area contributed by atoms with Crippen molar-refractivity contribution in [2.75, 3.05) is 5.73 Å². The smallest absolute Gasteiger partial charge is 0.220 e. The molecule has 1 heterocycles. The second kappa shape index (κ2) is 6.59. The third kappa shape index (κ3) is 3.04. The predicted molar refractivity (Wildman–Crippen MR) is 99.5 cm³/mol. The van der Waals surface area contributed by atoms with Crippen LogP contribution in [0.5, 0.6) is 11.5 Å². The van der Waals surface area contributed by atoms with Crippen molar-refractivity contribution in [1.82, 2.24) is 9.97 Å². The first-order valence-corrected chi connectivity index (χ1v) is 8.60. The lowest BCUT2D eigenvalue weighted by atomic mass is 9.81. The molecule has 130 valence electrons. The number of hydrogen-bond donors (Lipinski definition) is 1. The fourth-order valence-electron chi connectivity index (χ4n) is 3.54. The summed E-state index contributed by atoms with van der Waals surface area (Å²) in [5.41, 5.74) is 8.80. The molecule has 0 amide bonds. The van der Waals surface area contributed by atoms with Crippen molar-refractivity contribution in [3.63, 3.8) is 0 Å². The third-order valence-electron chi connectivity index (χ3n) is 4.66. The Morgan fingerprint density at radius 3 is 2.54 bits per heavy atom. The topological polar surface area (TPSA) is 78.1 Å². The molecule has 0 bridgehead atoms. The number of hydrogen-bond acceptors (Lipinski definition) is 5. The summed E-state index contributed by atoms with van der Waals surface area (Å²) in [6, 6.07) is 17.5. The highest BCUT2D eigenvalue weighted by Crippen LogP contribution is 2.38. The quantitative estimate of drug-likeness (QED) is 0.774. The van der Waals surface area contributed by atoms with Gasteiger partial charge in [0.05, 0.1) is 17.0 Å². The van der Waals surface area contributed by atoms with Crippen molar-refractivity contribution in [2.24, 2.45) is 0 Å². The molecule has 0 radical (unpaired) electrons. The van der Waals surface area contributed by atoms with Crippen LogP contribution in [-0.2, 0) is 6.42 Å². The van der Waals surface area contributed by atoms with Crippen LogP contribution in [0.4, 0.5) is 5.95 Å². The van der Waals surface area contributed by atoms with Crippen LogP contribution in [0.2, 0.25) is 0 Å². The number of rotatable bonds is 3. The first-order chi connectivity index (χ1) is 12.6. The molecular weight excluding hydrogens is 326 g/mol. The Labute approximate surface area is 151 Å². The summed E-state index contributed by atoms with van der Waals surface area (Å²) in [4.78, 5) is 21.2. The second-order valence-electron chi connectivity index (χ2n) is 6.47. The summed E-state index contributed by atoms with van der Waals surface area (Å²) in [7, 11) is 0. The Bertz CT molecular complexity index is 970. The minimum Gasteiger partial charge on any atom is -0.457 e. The number of nitrogen functional groups attached to an aromatic ring is 1. The maximum atomic E-state index is 12.7. The van der Waals surface area contributed by atoms with Gasteiger partial charge in [-0.05, 0) is 37.1 Å². The van der Waals surface area contributed by atoms with Crippen LogP contribution >= 0.6 is 0 Å². The van der Waals surface area contributed by atoms with Crippen LogP contribution in [0.3, 0.4) is 0 Å². The molecule has 0 aliphatic heterocycles. The van der Waals surface area contributed by atoms with Gasteiger partial charge in [0, 0.05) is 12.3 Å². The molecule has 0 saturated heterocycles. The van der Waals surface area contributed by atoms with Gasteiger partial charge in [0.1, 0.15) is 11.5 Å². The van der Waals surface area contributed by atoms with Crippen LogP contribution in [-0.4, -0.2) is 15.8 Å². The van der Waals surface area contributed by atoms with Gasteiger partial charge in [-0.2, -0.15) is 0 Å². The monoisotopic (exact) mass is 345 g/mol. The average molecular weight is 345 g/mol. The van der Waals surface area contributed by atoms with Gasteiger partial charge in [0.2, 0.25) is 5.95 Å². The molecule has 5 heteroatoms. The summed E-state index contributed by atoms with van der Waals surface area (Å²) in [5.74, 6) is 1.80. The summed E-state index contributed by atoms with van der Waals surface area (Å²) in [5, 5.41) is 0. The van der Waals surface area contributed by atoms with Gasteiger partial charge in [-0.1, -0.05) is 36.4 Å². The average Bonchev–Trinajstić information content (AvgIpc) is 2.62. The van der Waals surface area contributed by atoms with E-state index >= 15 is 0 Å². The van der Waals surface area contributed by atoms with E-state index in [-0.39, 0.29) is 17.6 Å². The second-order valence-corrected chi connectivity index (χ2v) is 6.47. The number of nitrogens with two attached hydrogens (primary N) is 1. The number of fused-ring (bicyclic) bond motifs is 1. The van der Waals surface area contributed by atoms with E-state index in [1.807, 2.05) is 61.5 Å². The number of carbonyl (C=O) groups is 1. The van der Waals surface area contributed by atoms with E-state index in [1.165, 1.54) is 0 Å². The summed E-state index contributed by atoms with van der Waals surface area (Å²) >= 11 is 0. The van der Waals surface area contributed by atoms with Crippen molar-refractivity contribution in [2.45, 2.75) is 25.7 Å². The molecule has 4 rings (SSSR count). The largest absolute Gasteiger partial charge is 0.457 e. The van der Waals surface area contributed by atoms with Gasteiger partial charge in [0.25, 0.3) is 0 Å². The van der Waals surface area contributed by atoms with Crippen LogP contribution in [0, 0.1) is 6.92 Å². The van der Waals surface area contributed by atoms with E-state index in [2.05, 4.69) is 9.97 Å². The maximum absolute atomic E-state index is 12.7. The van der Waals surface area contributed by atoms with E-state index in [1.54, 1.807) is 0 Å².